The van der Waals surface area contributed by atoms with Crippen LogP contribution in [0, 0.1) is 22.7 Å². The third kappa shape index (κ3) is 5.06. The van der Waals surface area contributed by atoms with Gasteiger partial charge in [0, 0.05) is 38.0 Å². The van der Waals surface area contributed by atoms with Crippen molar-refractivity contribution in [2.75, 3.05) is 20.3 Å². The molecule has 3 aliphatic rings. The van der Waals surface area contributed by atoms with Crippen LogP contribution in [0.1, 0.15) is 52.4 Å². The number of ether oxygens (including phenoxy) is 5. The molecule has 1 aliphatic heterocycles. The van der Waals surface area contributed by atoms with Crippen molar-refractivity contribution in [1.82, 2.24) is 0 Å². The van der Waals surface area contributed by atoms with E-state index in [1.165, 1.54) is 18.2 Å². The molecule has 3 atom stereocenters. The van der Waals surface area contributed by atoms with E-state index in [-0.39, 0.29) is 44.7 Å². The van der Waals surface area contributed by atoms with Crippen molar-refractivity contribution in [3.63, 3.8) is 0 Å². The van der Waals surface area contributed by atoms with Crippen molar-refractivity contribution in [2.24, 2.45) is 22.7 Å². The lowest BCUT2D eigenvalue weighted by atomic mass is 9.49. The van der Waals surface area contributed by atoms with E-state index in [1.807, 2.05) is 0 Å². The Kier molecular flexibility index (Phi) is 8.29. The summed E-state index contributed by atoms with van der Waals surface area (Å²) in [6, 6.07) is 0. The number of rotatable bonds is 10. The summed E-state index contributed by atoms with van der Waals surface area (Å²) in [6.45, 7) is 9.86. The highest BCUT2D eigenvalue weighted by atomic mass is 16.7. The molecule has 0 amide bonds. The molecule has 2 saturated carbocycles. The lowest BCUT2D eigenvalue weighted by Gasteiger charge is -2.52. The fourth-order valence-electron chi connectivity index (χ4n) is 6.29. The number of carbonyl (C=O) groups is 5. The van der Waals surface area contributed by atoms with Crippen LogP contribution in [-0.4, -0.2) is 55.8 Å². The zero-order chi connectivity index (χ0) is 27.4. The molecule has 0 aromatic heterocycles. The molecule has 10 heteroatoms. The van der Waals surface area contributed by atoms with Crippen molar-refractivity contribution >= 4 is 29.7 Å². The first-order chi connectivity index (χ1) is 17.5. The predicted octanol–water partition coefficient (Wildman–Crippen LogP) is 2.95. The number of hydrogen-bond acceptors (Lipinski definition) is 10. The van der Waals surface area contributed by atoms with Gasteiger partial charge in [0.25, 0.3) is 0 Å². The number of methoxy groups -OCH3 is 1. The van der Waals surface area contributed by atoms with Crippen molar-refractivity contribution < 1.29 is 47.7 Å². The molecule has 0 aromatic rings. The van der Waals surface area contributed by atoms with E-state index < -0.39 is 58.1 Å². The standard InChI is InChI=1S/C27H34O10/c1-6-13-34-22(30)21(23(31)35-14-7-2)18-9-8-11-26(12-10-19(28)27(18,26)24(32)33-5)16-17-15-20(29)37-25(3,4)36-17/h6-7,15,18,21H,1-2,8-14,16H2,3-5H3/t18-,26-,27+/m0/s1. The maximum Gasteiger partial charge on any atom is 0.337 e. The number of Topliss-reactive ketones (excluding diaryl/α,β-unsaturated/α-hetero) is 1. The van der Waals surface area contributed by atoms with E-state index in [4.69, 9.17) is 23.7 Å². The van der Waals surface area contributed by atoms with Crippen LogP contribution in [0.2, 0.25) is 0 Å². The van der Waals surface area contributed by atoms with E-state index in [0.717, 1.165) is 7.11 Å². The molecule has 0 radical (unpaired) electrons. The molecule has 37 heavy (non-hydrogen) atoms. The normalized spacial score (nSPS) is 28.2. The van der Waals surface area contributed by atoms with Gasteiger partial charge in [-0.05, 0) is 19.3 Å². The van der Waals surface area contributed by atoms with Crippen molar-refractivity contribution in [1.29, 1.82) is 0 Å². The van der Waals surface area contributed by atoms with Gasteiger partial charge in [0.1, 0.15) is 24.4 Å². The van der Waals surface area contributed by atoms with Gasteiger partial charge in [-0.2, -0.15) is 0 Å². The summed E-state index contributed by atoms with van der Waals surface area (Å²) >= 11 is 0. The maximum atomic E-state index is 13.8. The second-order valence-corrected chi connectivity index (χ2v) is 10.0. The van der Waals surface area contributed by atoms with Gasteiger partial charge < -0.3 is 23.7 Å². The van der Waals surface area contributed by atoms with Crippen LogP contribution in [0.5, 0.6) is 0 Å². The SMILES string of the molecule is C=CCOC(=O)C(C(=O)OCC=C)[C@@H]1CCC[C@@]2(CC3=CC(=O)OC(C)(C)O3)CCC(=O)[C@@]12C(=O)OC. The van der Waals surface area contributed by atoms with E-state index in [2.05, 4.69) is 13.2 Å². The predicted molar refractivity (Wildman–Crippen MR) is 128 cm³/mol. The molecule has 0 aromatic carbocycles. The molecule has 10 nitrogen and oxygen atoms in total. The van der Waals surface area contributed by atoms with Gasteiger partial charge in [-0.25, -0.2) is 4.79 Å². The van der Waals surface area contributed by atoms with Gasteiger partial charge in [-0.15, -0.1) is 0 Å². The summed E-state index contributed by atoms with van der Waals surface area (Å²) in [7, 11) is 1.16. The van der Waals surface area contributed by atoms with Gasteiger partial charge in [0.15, 0.2) is 11.7 Å². The van der Waals surface area contributed by atoms with Crippen molar-refractivity contribution in [3.8, 4) is 0 Å². The molecule has 1 heterocycles. The highest BCUT2D eigenvalue weighted by Crippen LogP contribution is 2.66. The summed E-state index contributed by atoms with van der Waals surface area (Å²) in [4.78, 5) is 66.1. The van der Waals surface area contributed by atoms with Gasteiger partial charge >= 0.3 is 23.9 Å². The second-order valence-electron chi connectivity index (χ2n) is 10.0. The average molecular weight is 519 g/mol. The first kappa shape index (κ1) is 28.1. The van der Waals surface area contributed by atoms with Crippen LogP contribution in [0.4, 0.5) is 0 Å². The molecule has 202 valence electrons. The maximum absolute atomic E-state index is 13.8. The molecule has 0 N–H and O–H groups in total. The van der Waals surface area contributed by atoms with Crippen molar-refractivity contribution in [3.05, 3.63) is 37.1 Å². The number of ketones is 1. The Hall–Kier alpha value is -3.43. The Morgan fingerprint density at radius 3 is 2.24 bits per heavy atom. The van der Waals surface area contributed by atoms with E-state index in [1.54, 1.807) is 13.8 Å². The summed E-state index contributed by atoms with van der Waals surface area (Å²) in [5.74, 6) is -7.37. The van der Waals surface area contributed by atoms with Gasteiger partial charge in [0.2, 0.25) is 5.79 Å². The van der Waals surface area contributed by atoms with Crippen molar-refractivity contribution in [2.45, 2.75) is 58.2 Å². The first-order valence-electron chi connectivity index (χ1n) is 12.3. The molecule has 3 rings (SSSR count). The van der Waals surface area contributed by atoms with E-state index in [9.17, 15) is 24.0 Å². The lowest BCUT2D eigenvalue weighted by molar-refractivity contribution is -0.209. The smallest absolute Gasteiger partial charge is 0.337 e. The van der Waals surface area contributed by atoms with Gasteiger partial charge in [0.05, 0.1) is 13.2 Å². The molecule has 0 spiro atoms. The molecule has 0 unspecified atom stereocenters. The minimum atomic E-state index is -1.86. The number of cyclic esters (lactones) is 1. The van der Waals surface area contributed by atoms with Crippen LogP contribution in [0.3, 0.4) is 0 Å². The number of carbonyl (C=O) groups excluding carboxylic acids is 5. The molecule has 2 fully saturated rings. The minimum absolute atomic E-state index is 0.0306. The van der Waals surface area contributed by atoms with Crippen LogP contribution >= 0.6 is 0 Å². The fraction of sp³-hybridized carbons (Fsp3) is 0.593. The molecule has 0 saturated heterocycles. The Balaban J connectivity index is 2.16. The van der Waals surface area contributed by atoms with E-state index >= 15 is 0 Å². The van der Waals surface area contributed by atoms with Crippen LogP contribution in [-0.2, 0) is 47.7 Å². The highest BCUT2D eigenvalue weighted by molar-refractivity contribution is 6.09. The zero-order valence-electron chi connectivity index (χ0n) is 21.5. The van der Waals surface area contributed by atoms with E-state index in [0.29, 0.717) is 12.8 Å². The van der Waals surface area contributed by atoms with Gasteiger partial charge in [-0.1, -0.05) is 31.7 Å². The largest absolute Gasteiger partial charge is 0.468 e. The Labute approximate surface area is 216 Å². The average Bonchev–Trinajstić information content (AvgIpc) is 3.13. The third-order valence-electron chi connectivity index (χ3n) is 7.45. The Bertz CT molecular complexity index is 1000. The van der Waals surface area contributed by atoms with Gasteiger partial charge in [-0.3, -0.25) is 19.2 Å². The number of fused-ring (bicyclic) bond motifs is 1. The molecular formula is C27H34O10. The first-order valence-corrected chi connectivity index (χ1v) is 12.3. The summed E-state index contributed by atoms with van der Waals surface area (Å²) in [5.41, 5.74) is -2.93. The Morgan fingerprint density at radius 1 is 1.08 bits per heavy atom. The topological polar surface area (TPSA) is 132 Å². The summed E-state index contributed by atoms with van der Waals surface area (Å²) in [6.07, 6.45) is 5.36. The summed E-state index contributed by atoms with van der Waals surface area (Å²) in [5, 5.41) is 0. The highest BCUT2D eigenvalue weighted by Gasteiger charge is 2.72. The molecule has 2 aliphatic carbocycles. The second kappa shape index (κ2) is 10.9. The Morgan fingerprint density at radius 2 is 1.70 bits per heavy atom. The van der Waals surface area contributed by atoms with Crippen LogP contribution < -0.4 is 0 Å². The quantitative estimate of drug-likeness (QED) is 0.184. The third-order valence-corrected chi connectivity index (χ3v) is 7.45. The monoisotopic (exact) mass is 518 g/mol. The van der Waals surface area contributed by atoms with Crippen LogP contribution in [0.15, 0.2) is 37.1 Å². The number of esters is 4. The number of allylic oxidation sites excluding steroid dienone is 1. The molecule has 0 bridgehead atoms. The van der Waals surface area contributed by atoms with Crippen LogP contribution in [0.25, 0.3) is 0 Å². The minimum Gasteiger partial charge on any atom is -0.468 e. The molecular weight excluding hydrogens is 484 g/mol. The fourth-order valence-corrected chi connectivity index (χ4v) is 6.29. The summed E-state index contributed by atoms with van der Waals surface area (Å²) < 4.78 is 26.7. The zero-order valence-corrected chi connectivity index (χ0v) is 21.5. The number of hydrogen-bond donors (Lipinski definition) is 0. The lowest BCUT2D eigenvalue weighted by Crippen LogP contribution is -2.60.